The SMILES string of the molecule is C[C@@H](O)[C@@H](C(=O)O)[C@@H]1NC(C(=O)N2C[C@@H](SC3=C(C(=O)O)N4C(=O)[C@H]([C@@H](C)O)[C@H]4[C@H]3C)C[C@H]2C(=O)Nc2cccc(C(=O)O)c2)=C(S[C@@H]2CN[C@H](C(=O)Nc3cccc(C(=O)O)c3)C2)[C@@H]1C. The number of anilines is 2. The normalized spacial score (nSPS) is 28.3. The second-order valence-electron chi connectivity index (χ2n) is 17.2. The van der Waals surface area contributed by atoms with E-state index in [1.807, 2.05) is 0 Å². The van der Waals surface area contributed by atoms with E-state index in [0.717, 1.165) is 11.8 Å². The van der Waals surface area contributed by atoms with E-state index >= 15 is 4.79 Å². The summed E-state index contributed by atoms with van der Waals surface area (Å²) in [4.78, 5) is 108. The van der Waals surface area contributed by atoms with Crippen molar-refractivity contribution in [3.05, 3.63) is 80.9 Å². The molecule has 22 heteroatoms. The van der Waals surface area contributed by atoms with Crippen LogP contribution in [0.2, 0.25) is 0 Å². The number of β-lactam (4-membered cyclic amide) rings is 1. The van der Waals surface area contributed by atoms with Gasteiger partial charge in [0.05, 0.1) is 41.3 Å². The topological polar surface area (TPSA) is 313 Å². The molecule has 3 saturated heterocycles. The summed E-state index contributed by atoms with van der Waals surface area (Å²) in [5, 5.41) is 71.4. The van der Waals surface area contributed by atoms with Crippen molar-refractivity contribution in [2.24, 2.45) is 23.7 Å². The first kappa shape index (κ1) is 48.0. The number of amides is 4. The Kier molecular flexibility index (Phi) is 13.9. The zero-order valence-electron chi connectivity index (χ0n) is 36.0. The molecule has 66 heavy (non-hydrogen) atoms. The van der Waals surface area contributed by atoms with Crippen molar-refractivity contribution < 1.29 is 69.0 Å². The molecule has 5 heterocycles. The molecule has 10 N–H and O–H groups in total. The summed E-state index contributed by atoms with van der Waals surface area (Å²) < 4.78 is 0. The third-order valence-corrected chi connectivity index (χ3v) is 15.8. The van der Waals surface area contributed by atoms with Crippen LogP contribution in [0.15, 0.2) is 69.7 Å². The summed E-state index contributed by atoms with van der Waals surface area (Å²) in [5.41, 5.74) is 0.00000877. The number of carbonyl (C=O) groups excluding carboxylic acids is 4. The number of benzene rings is 2. The van der Waals surface area contributed by atoms with E-state index in [4.69, 9.17) is 0 Å². The maximum absolute atomic E-state index is 15.1. The lowest BCUT2D eigenvalue weighted by atomic mass is 9.79. The van der Waals surface area contributed by atoms with Gasteiger partial charge in [0, 0.05) is 62.7 Å². The standard InChI is InChI=1S/C44H50N6O14S2/c1-17-31(29(19(3)51)43(61)62)48-32(35(17)65-25-13-27(45-15-25)37(53)46-23-9-5-7-21(11-23)41(57)58)40(56)49-16-26(14-28(49)38(54)47-24-10-6-8-22(12-24)42(59)60)66-36-18(2)33-30(20(4)52)39(55)50(33)34(36)44(63)64/h5-12,17-20,25-31,33,45,48,51-52H,13-16H2,1-4H3,(H,46,53)(H,47,54)(H,57,58)(H,59,60)(H,61,62)(H,63,64)/t17-,18-,19-,20-,25+,26+,27+,28+,29-,30-,31-,33-/m1/s1. The number of aliphatic hydroxyl groups is 2. The van der Waals surface area contributed by atoms with Crippen LogP contribution in [0.3, 0.4) is 0 Å². The van der Waals surface area contributed by atoms with E-state index in [1.165, 1.54) is 77.9 Å². The lowest BCUT2D eigenvalue weighted by Gasteiger charge is -2.46. The molecule has 0 unspecified atom stereocenters. The van der Waals surface area contributed by atoms with Gasteiger partial charge < -0.3 is 61.7 Å². The van der Waals surface area contributed by atoms with E-state index in [-0.39, 0.29) is 65.1 Å². The van der Waals surface area contributed by atoms with Crippen molar-refractivity contribution in [3.8, 4) is 0 Å². The van der Waals surface area contributed by atoms with Gasteiger partial charge in [-0.3, -0.25) is 24.0 Å². The molecule has 4 amide bonds. The summed E-state index contributed by atoms with van der Waals surface area (Å²) in [6.07, 6.45) is -2.19. The molecule has 0 saturated carbocycles. The molecule has 352 valence electrons. The van der Waals surface area contributed by atoms with E-state index < -0.39 is 113 Å². The predicted octanol–water partition coefficient (Wildman–Crippen LogP) is 1.88. The van der Waals surface area contributed by atoms with Crippen molar-refractivity contribution >= 4 is 82.4 Å². The Labute approximate surface area is 386 Å². The van der Waals surface area contributed by atoms with E-state index in [9.17, 15) is 64.2 Å². The third kappa shape index (κ3) is 9.24. The lowest BCUT2D eigenvalue weighted by molar-refractivity contribution is -0.163. The van der Waals surface area contributed by atoms with E-state index in [1.54, 1.807) is 19.9 Å². The van der Waals surface area contributed by atoms with Crippen LogP contribution in [0, 0.1) is 23.7 Å². The number of aromatic carboxylic acids is 2. The number of hydrogen-bond acceptors (Lipinski definition) is 14. The van der Waals surface area contributed by atoms with Crippen LogP contribution in [-0.4, -0.2) is 148 Å². The number of thioether (sulfide) groups is 2. The minimum absolute atomic E-state index is 0.0173. The fraction of sp³-hybridized carbons (Fsp3) is 0.455. The summed E-state index contributed by atoms with van der Waals surface area (Å²) in [6.45, 7) is 6.38. The van der Waals surface area contributed by atoms with Gasteiger partial charge in [-0.2, -0.15) is 0 Å². The van der Waals surface area contributed by atoms with Gasteiger partial charge in [-0.25, -0.2) is 14.4 Å². The molecule has 0 bridgehead atoms. The van der Waals surface area contributed by atoms with Gasteiger partial charge in [0.25, 0.3) is 5.91 Å². The number of aliphatic hydroxyl groups excluding tert-OH is 2. The van der Waals surface area contributed by atoms with E-state index in [0.29, 0.717) is 9.81 Å². The van der Waals surface area contributed by atoms with Crippen molar-refractivity contribution in [1.82, 2.24) is 20.4 Å². The fourth-order valence-corrected chi connectivity index (χ4v) is 12.6. The Morgan fingerprint density at radius 2 is 1.36 bits per heavy atom. The Balaban J connectivity index is 1.20. The second-order valence-corrected chi connectivity index (χ2v) is 19.9. The van der Waals surface area contributed by atoms with Gasteiger partial charge >= 0.3 is 23.9 Å². The van der Waals surface area contributed by atoms with Gasteiger partial charge in [-0.15, -0.1) is 23.5 Å². The molecule has 12 atom stereocenters. The van der Waals surface area contributed by atoms with Gasteiger partial charge in [-0.05, 0) is 63.1 Å². The Morgan fingerprint density at radius 1 is 0.773 bits per heavy atom. The molecule has 2 aromatic rings. The zero-order valence-corrected chi connectivity index (χ0v) is 37.7. The summed E-state index contributed by atoms with van der Waals surface area (Å²) in [7, 11) is 0. The molecule has 20 nitrogen and oxygen atoms in total. The first-order valence-electron chi connectivity index (χ1n) is 21.2. The highest BCUT2D eigenvalue weighted by Gasteiger charge is 2.60. The second kappa shape index (κ2) is 19.1. The van der Waals surface area contributed by atoms with Crippen molar-refractivity contribution in [2.75, 3.05) is 23.7 Å². The van der Waals surface area contributed by atoms with Crippen LogP contribution >= 0.6 is 23.5 Å². The highest BCUT2D eigenvalue weighted by atomic mass is 32.2. The average Bonchev–Trinajstić information content (AvgIpc) is 4.02. The predicted molar refractivity (Wildman–Crippen MR) is 239 cm³/mol. The van der Waals surface area contributed by atoms with E-state index in [2.05, 4.69) is 21.3 Å². The quantitative estimate of drug-likeness (QED) is 0.107. The number of likely N-dealkylation sites (tertiary alicyclic amines) is 1. The number of carboxylic acids is 4. The maximum Gasteiger partial charge on any atom is 0.353 e. The first-order chi connectivity index (χ1) is 31.2. The molecule has 2 aromatic carbocycles. The minimum atomic E-state index is -1.39. The number of carboxylic acid groups (broad SMARTS) is 4. The summed E-state index contributed by atoms with van der Waals surface area (Å²) >= 11 is 2.35. The molecule has 0 aromatic heterocycles. The van der Waals surface area contributed by atoms with Crippen molar-refractivity contribution in [3.63, 3.8) is 0 Å². The lowest BCUT2D eigenvalue weighted by Crippen LogP contribution is -2.63. The smallest absolute Gasteiger partial charge is 0.353 e. The summed E-state index contributed by atoms with van der Waals surface area (Å²) in [6, 6.07) is 7.66. The fourth-order valence-electron chi connectivity index (χ4n) is 9.59. The maximum atomic E-state index is 15.1. The number of nitrogens with zero attached hydrogens (tertiary/aromatic N) is 2. The highest BCUT2D eigenvalue weighted by molar-refractivity contribution is 8.04. The van der Waals surface area contributed by atoms with Gasteiger partial charge in [0.2, 0.25) is 17.7 Å². The Hall–Kier alpha value is -5.94. The molecule has 0 radical (unpaired) electrons. The van der Waals surface area contributed by atoms with Gasteiger partial charge in [0.15, 0.2) is 0 Å². The van der Waals surface area contributed by atoms with Crippen molar-refractivity contribution in [2.45, 2.75) is 87.4 Å². The van der Waals surface area contributed by atoms with Crippen LogP contribution in [-0.2, 0) is 28.8 Å². The van der Waals surface area contributed by atoms with Crippen LogP contribution in [0.25, 0.3) is 0 Å². The molecule has 0 aliphatic carbocycles. The molecule has 5 aliphatic rings. The number of carbonyl (C=O) groups is 8. The molecule has 7 rings (SSSR count). The molecular weight excluding hydrogens is 901 g/mol. The Bertz CT molecular complexity index is 2440. The first-order valence-corrected chi connectivity index (χ1v) is 23.0. The summed E-state index contributed by atoms with van der Waals surface area (Å²) in [5.74, 6) is -10.9. The highest BCUT2D eigenvalue weighted by Crippen LogP contribution is 2.52. The molecule has 0 spiro atoms. The zero-order chi connectivity index (χ0) is 48.0. The van der Waals surface area contributed by atoms with Crippen LogP contribution in [0.1, 0.15) is 61.3 Å². The molecule has 3 fully saturated rings. The average molecular weight is 951 g/mol. The number of rotatable bonds is 16. The molecular formula is C44H50N6O14S2. The molecule has 5 aliphatic heterocycles. The Morgan fingerprint density at radius 3 is 1.91 bits per heavy atom. The van der Waals surface area contributed by atoms with Gasteiger partial charge in [0.1, 0.15) is 23.4 Å². The largest absolute Gasteiger partial charge is 0.481 e. The third-order valence-electron chi connectivity index (χ3n) is 12.8. The number of nitrogens with one attached hydrogen (secondary N) is 4. The van der Waals surface area contributed by atoms with Crippen molar-refractivity contribution in [1.29, 1.82) is 0 Å². The van der Waals surface area contributed by atoms with Gasteiger partial charge in [-0.1, -0.05) is 26.0 Å². The van der Waals surface area contributed by atoms with Crippen LogP contribution in [0.5, 0.6) is 0 Å². The van der Waals surface area contributed by atoms with Crippen LogP contribution in [0.4, 0.5) is 11.4 Å². The van der Waals surface area contributed by atoms with Crippen LogP contribution < -0.4 is 21.3 Å². The minimum Gasteiger partial charge on any atom is -0.481 e. The number of fused-ring (bicyclic) bond motifs is 1. The number of hydrogen-bond donors (Lipinski definition) is 10. The number of aliphatic carboxylic acids is 2. The monoisotopic (exact) mass is 950 g/mol.